The number of fused-ring (bicyclic) bond motifs is 2. The molecule has 3 fully saturated rings. The smallest absolute Gasteiger partial charge is 0.254 e. The van der Waals surface area contributed by atoms with Crippen LogP contribution in [0.15, 0.2) is 0 Å². The highest BCUT2D eigenvalue weighted by molar-refractivity contribution is 5.85. The molecule has 2 bridgehead atoms. The first kappa shape index (κ1) is 11.5. The maximum atomic E-state index is 12.5. The van der Waals surface area contributed by atoms with Crippen molar-refractivity contribution in [2.45, 2.75) is 56.7 Å². The number of amides is 1. The molecule has 3 rings (SSSR count). The zero-order valence-electron chi connectivity index (χ0n) is 10.6. The van der Waals surface area contributed by atoms with E-state index >= 15 is 0 Å². The number of rotatable bonds is 1. The first-order valence-electron chi connectivity index (χ1n) is 6.87. The largest absolute Gasteiger partial charge is 0.365 e. The van der Waals surface area contributed by atoms with Gasteiger partial charge in [-0.15, -0.1) is 0 Å². The molecule has 3 atom stereocenters. The van der Waals surface area contributed by atoms with Crippen LogP contribution in [0, 0.1) is 0 Å². The maximum absolute atomic E-state index is 12.5. The van der Waals surface area contributed by atoms with E-state index in [-0.39, 0.29) is 5.91 Å². The Balaban J connectivity index is 1.69. The molecule has 0 radical (unpaired) electrons. The molecule has 0 saturated carbocycles. The summed E-state index contributed by atoms with van der Waals surface area (Å²) in [4.78, 5) is 14.6. The molecule has 0 aliphatic carbocycles. The number of likely N-dealkylation sites (tertiary alicyclic amines) is 1. The van der Waals surface area contributed by atoms with Gasteiger partial charge in [0.1, 0.15) is 5.60 Å². The molecule has 0 aromatic heterocycles. The van der Waals surface area contributed by atoms with Gasteiger partial charge in [-0.2, -0.15) is 0 Å². The molecule has 0 aromatic rings. The topological polar surface area (TPSA) is 41.6 Å². The fraction of sp³-hybridized carbons (Fsp3) is 0.923. The van der Waals surface area contributed by atoms with E-state index in [2.05, 4.69) is 5.32 Å². The van der Waals surface area contributed by atoms with Gasteiger partial charge in [-0.05, 0) is 39.0 Å². The van der Waals surface area contributed by atoms with Gasteiger partial charge in [0.15, 0.2) is 0 Å². The zero-order valence-corrected chi connectivity index (χ0v) is 10.6. The van der Waals surface area contributed by atoms with Crippen molar-refractivity contribution in [2.75, 3.05) is 19.7 Å². The van der Waals surface area contributed by atoms with Gasteiger partial charge in [0.2, 0.25) is 0 Å². The van der Waals surface area contributed by atoms with E-state index in [1.165, 1.54) is 12.8 Å². The summed E-state index contributed by atoms with van der Waals surface area (Å²) in [6.45, 7) is 4.46. The van der Waals surface area contributed by atoms with Crippen LogP contribution in [0.3, 0.4) is 0 Å². The minimum absolute atomic E-state index is 0.212. The predicted octanol–water partition coefficient (Wildman–Crippen LogP) is 0.908. The van der Waals surface area contributed by atoms with Crippen molar-refractivity contribution in [3.05, 3.63) is 0 Å². The fourth-order valence-corrected chi connectivity index (χ4v) is 3.41. The SMILES string of the molecule is CC1(C(=O)N2CCC3CCC(C2)N3)CCCO1. The lowest BCUT2D eigenvalue weighted by atomic mass is 9.99. The van der Waals surface area contributed by atoms with Crippen molar-refractivity contribution >= 4 is 5.91 Å². The van der Waals surface area contributed by atoms with Gasteiger partial charge in [-0.25, -0.2) is 0 Å². The summed E-state index contributed by atoms with van der Waals surface area (Å²) in [5, 5.41) is 3.61. The quantitative estimate of drug-likeness (QED) is 0.738. The second-order valence-electron chi connectivity index (χ2n) is 5.86. The highest BCUT2D eigenvalue weighted by atomic mass is 16.5. The molecular formula is C13H22N2O2. The van der Waals surface area contributed by atoms with E-state index in [0.717, 1.165) is 39.0 Å². The van der Waals surface area contributed by atoms with Gasteiger partial charge in [-0.3, -0.25) is 4.79 Å². The normalized spacial score (nSPS) is 41.6. The highest BCUT2D eigenvalue weighted by Gasteiger charge is 2.42. The molecule has 0 spiro atoms. The summed E-state index contributed by atoms with van der Waals surface area (Å²) in [6.07, 6.45) is 5.48. The van der Waals surface area contributed by atoms with Crippen molar-refractivity contribution in [3.63, 3.8) is 0 Å². The van der Waals surface area contributed by atoms with Gasteiger partial charge >= 0.3 is 0 Å². The van der Waals surface area contributed by atoms with E-state index < -0.39 is 5.60 Å². The number of hydrogen-bond acceptors (Lipinski definition) is 3. The van der Waals surface area contributed by atoms with Gasteiger partial charge in [-0.1, -0.05) is 0 Å². The summed E-state index contributed by atoms with van der Waals surface area (Å²) in [7, 11) is 0. The molecule has 3 heterocycles. The molecular weight excluding hydrogens is 216 g/mol. The van der Waals surface area contributed by atoms with E-state index in [1.807, 2.05) is 11.8 Å². The summed E-state index contributed by atoms with van der Waals surface area (Å²) in [5.41, 5.74) is -0.538. The van der Waals surface area contributed by atoms with Gasteiger partial charge in [0, 0.05) is 31.8 Å². The predicted molar refractivity (Wildman–Crippen MR) is 64.7 cm³/mol. The van der Waals surface area contributed by atoms with Crippen LogP contribution >= 0.6 is 0 Å². The monoisotopic (exact) mass is 238 g/mol. The Bertz CT molecular complexity index is 313. The first-order valence-corrected chi connectivity index (χ1v) is 6.87. The van der Waals surface area contributed by atoms with Crippen molar-refractivity contribution in [1.29, 1.82) is 0 Å². The highest BCUT2D eigenvalue weighted by Crippen LogP contribution is 2.29. The summed E-state index contributed by atoms with van der Waals surface area (Å²) in [5.74, 6) is 0.212. The average Bonchev–Trinajstić information content (AvgIpc) is 2.86. The van der Waals surface area contributed by atoms with Crippen LogP contribution < -0.4 is 5.32 Å². The van der Waals surface area contributed by atoms with Crippen molar-refractivity contribution in [3.8, 4) is 0 Å². The second-order valence-corrected chi connectivity index (χ2v) is 5.86. The van der Waals surface area contributed by atoms with Gasteiger partial charge < -0.3 is 15.0 Å². The second kappa shape index (κ2) is 4.25. The lowest BCUT2D eigenvalue weighted by Crippen LogP contribution is -2.49. The first-order chi connectivity index (χ1) is 8.17. The molecule has 96 valence electrons. The third-order valence-corrected chi connectivity index (χ3v) is 4.48. The number of ether oxygens (including phenoxy) is 1. The van der Waals surface area contributed by atoms with Crippen LogP contribution in [-0.4, -0.2) is 48.2 Å². The van der Waals surface area contributed by atoms with E-state index in [0.29, 0.717) is 12.1 Å². The Kier molecular flexibility index (Phi) is 2.87. The summed E-state index contributed by atoms with van der Waals surface area (Å²) < 4.78 is 5.66. The summed E-state index contributed by atoms with van der Waals surface area (Å²) >= 11 is 0. The molecule has 3 saturated heterocycles. The summed E-state index contributed by atoms with van der Waals surface area (Å²) in [6, 6.07) is 1.14. The van der Waals surface area contributed by atoms with Crippen LogP contribution in [0.1, 0.15) is 39.0 Å². The standard InChI is InChI=1S/C13H22N2O2/c1-13(6-2-8-17-13)12(16)15-7-5-10-3-4-11(9-15)14-10/h10-11,14H,2-9H2,1H3. The van der Waals surface area contributed by atoms with Crippen LogP contribution in [0.2, 0.25) is 0 Å². The van der Waals surface area contributed by atoms with Crippen LogP contribution in [0.4, 0.5) is 0 Å². The lowest BCUT2D eigenvalue weighted by Gasteiger charge is -2.32. The van der Waals surface area contributed by atoms with Crippen LogP contribution in [0.5, 0.6) is 0 Å². The third kappa shape index (κ3) is 2.08. The zero-order chi connectivity index (χ0) is 11.9. The fourth-order valence-electron chi connectivity index (χ4n) is 3.41. The molecule has 0 aromatic carbocycles. The number of hydrogen-bond donors (Lipinski definition) is 1. The Morgan fingerprint density at radius 3 is 2.94 bits per heavy atom. The van der Waals surface area contributed by atoms with Crippen LogP contribution in [-0.2, 0) is 9.53 Å². The molecule has 1 amide bonds. The lowest BCUT2D eigenvalue weighted by molar-refractivity contribution is -0.151. The van der Waals surface area contributed by atoms with Crippen LogP contribution in [0.25, 0.3) is 0 Å². The third-order valence-electron chi connectivity index (χ3n) is 4.48. The number of nitrogens with one attached hydrogen (secondary N) is 1. The Labute approximate surface area is 103 Å². The van der Waals surface area contributed by atoms with Gasteiger partial charge in [0.05, 0.1) is 0 Å². The number of carbonyl (C=O) groups excluding carboxylic acids is 1. The Hall–Kier alpha value is -0.610. The van der Waals surface area contributed by atoms with E-state index in [9.17, 15) is 4.79 Å². The molecule has 4 heteroatoms. The van der Waals surface area contributed by atoms with E-state index in [4.69, 9.17) is 4.74 Å². The molecule has 3 aliphatic heterocycles. The minimum atomic E-state index is -0.538. The number of carbonyl (C=O) groups is 1. The minimum Gasteiger partial charge on any atom is -0.365 e. The Morgan fingerprint density at radius 1 is 1.35 bits per heavy atom. The van der Waals surface area contributed by atoms with Crippen molar-refractivity contribution < 1.29 is 9.53 Å². The van der Waals surface area contributed by atoms with E-state index in [1.54, 1.807) is 0 Å². The van der Waals surface area contributed by atoms with Crippen molar-refractivity contribution in [1.82, 2.24) is 10.2 Å². The molecule has 1 N–H and O–H groups in total. The van der Waals surface area contributed by atoms with Crippen molar-refractivity contribution in [2.24, 2.45) is 0 Å². The average molecular weight is 238 g/mol. The number of nitrogens with zero attached hydrogens (tertiary/aromatic N) is 1. The molecule has 3 unspecified atom stereocenters. The Morgan fingerprint density at radius 2 is 2.18 bits per heavy atom. The molecule has 17 heavy (non-hydrogen) atoms. The molecule has 4 nitrogen and oxygen atoms in total. The van der Waals surface area contributed by atoms with Gasteiger partial charge in [0.25, 0.3) is 5.91 Å². The molecule has 3 aliphatic rings. The maximum Gasteiger partial charge on any atom is 0.254 e.